The lowest BCUT2D eigenvalue weighted by atomic mass is 10.1. The second-order valence-electron chi connectivity index (χ2n) is 3.30. The molecule has 1 heterocycles. The van der Waals surface area contributed by atoms with Gasteiger partial charge in [-0.3, -0.25) is 4.79 Å². The minimum absolute atomic E-state index is 0.188. The maximum absolute atomic E-state index is 11.8. The molecule has 0 aliphatic carbocycles. The average Bonchev–Trinajstić information content (AvgIpc) is 2.74. The van der Waals surface area contributed by atoms with Crippen LogP contribution in [0.1, 0.15) is 15.9 Å². The third-order valence-corrected chi connectivity index (χ3v) is 3.28. The van der Waals surface area contributed by atoms with E-state index in [2.05, 4.69) is 37.6 Å². The summed E-state index contributed by atoms with van der Waals surface area (Å²) in [7, 11) is 0. The molecule has 16 heavy (non-hydrogen) atoms. The lowest BCUT2D eigenvalue weighted by molar-refractivity contribution is 0.102. The molecule has 0 saturated carbocycles. The summed E-state index contributed by atoms with van der Waals surface area (Å²) < 4.78 is 5.69. The third kappa shape index (κ3) is 2.41. The molecule has 0 radical (unpaired) electrons. The number of nitrogens with one attached hydrogen (secondary N) is 1. The van der Waals surface area contributed by atoms with Crippen LogP contribution in [-0.2, 0) is 0 Å². The fourth-order valence-corrected chi connectivity index (χ4v) is 1.71. The molecule has 0 aliphatic heterocycles. The molecule has 1 amide bonds. The van der Waals surface area contributed by atoms with E-state index in [9.17, 15) is 4.79 Å². The maximum Gasteiger partial charge on any atom is 0.256 e. The van der Waals surface area contributed by atoms with Crippen LogP contribution in [0.2, 0.25) is 0 Å². The zero-order valence-electron chi connectivity index (χ0n) is 8.53. The summed E-state index contributed by atoms with van der Waals surface area (Å²) in [6.07, 6.45) is 1.41. The number of anilines is 1. The van der Waals surface area contributed by atoms with Gasteiger partial charge >= 0.3 is 0 Å². The summed E-state index contributed by atoms with van der Waals surface area (Å²) in [5.74, 6) is 0.229. The zero-order chi connectivity index (χ0) is 11.5. The van der Waals surface area contributed by atoms with Gasteiger partial charge in [0.25, 0.3) is 5.91 Å². The Morgan fingerprint density at radius 2 is 2.25 bits per heavy atom. The SMILES string of the molecule is Cc1ccc(C(=O)Nc2ccon2)cc1I. The van der Waals surface area contributed by atoms with Crippen molar-refractivity contribution in [2.45, 2.75) is 6.92 Å². The Bertz CT molecular complexity index is 509. The maximum atomic E-state index is 11.8. The van der Waals surface area contributed by atoms with Gasteiger partial charge in [-0.15, -0.1) is 0 Å². The summed E-state index contributed by atoms with van der Waals surface area (Å²) in [6.45, 7) is 2.00. The number of benzene rings is 1. The second-order valence-corrected chi connectivity index (χ2v) is 4.46. The lowest BCUT2D eigenvalue weighted by Crippen LogP contribution is -2.12. The number of carbonyl (C=O) groups is 1. The van der Waals surface area contributed by atoms with Crippen LogP contribution in [0.4, 0.5) is 5.82 Å². The van der Waals surface area contributed by atoms with E-state index in [4.69, 9.17) is 0 Å². The Morgan fingerprint density at radius 3 is 2.88 bits per heavy atom. The Labute approximate surface area is 106 Å². The highest BCUT2D eigenvalue weighted by atomic mass is 127. The largest absolute Gasteiger partial charge is 0.363 e. The minimum atomic E-state index is -0.188. The first-order valence-corrected chi connectivity index (χ1v) is 5.72. The highest BCUT2D eigenvalue weighted by Gasteiger charge is 2.08. The number of halogens is 1. The zero-order valence-corrected chi connectivity index (χ0v) is 10.7. The average molecular weight is 328 g/mol. The van der Waals surface area contributed by atoms with E-state index < -0.39 is 0 Å². The van der Waals surface area contributed by atoms with Crippen molar-refractivity contribution in [3.8, 4) is 0 Å². The van der Waals surface area contributed by atoms with Gasteiger partial charge in [-0.05, 0) is 47.2 Å². The molecule has 2 aromatic rings. The predicted octanol–water partition coefficient (Wildman–Crippen LogP) is 2.84. The van der Waals surface area contributed by atoms with Crippen molar-refractivity contribution in [2.24, 2.45) is 0 Å². The topological polar surface area (TPSA) is 55.1 Å². The van der Waals surface area contributed by atoms with Crippen LogP contribution in [0, 0.1) is 10.5 Å². The molecule has 1 N–H and O–H groups in total. The van der Waals surface area contributed by atoms with E-state index in [1.165, 1.54) is 6.26 Å². The number of amides is 1. The Balaban J connectivity index is 2.18. The smallest absolute Gasteiger partial charge is 0.256 e. The first-order valence-electron chi connectivity index (χ1n) is 4.65. The van der Waals surface area contributed by atoms with Gasteiger partial charge in [-0.1, -0.05) is 11.2 Å². The number of rotatable bonds is 2. The van der Waals surface area contributed by atoms with Crippen LogP contribution < -0.4 is 5.32 Å². The molecule has 0 unspecified atom stereocenters. The normalized spacial score (nSPS) is 10.1. The molecule has 1 aromatic carbocycles. The molecule has 0 aliphatic rings. The van der Waals surface area contributed by atoms with Gasteiger partial charge in [0.1, 0.15) is 6.26 Å². The molecule has 2 rings (SSSR count). The molecular formula is C11H9IN2O2. The Kier molecular flexibility index (Phi) is 3.23. The highest BCUT2D eigenvalue weighted by Crippen LogP contribution is 2.14. The Morgan fingerprint density at radius 1 is 1.44 bits per heavy atom. The van der Waals surface area contributed by atoms with Gasteiger partial charge in [0, 0.05) is 15.2 Å². The fraction of sp³-hybridized carbons (Fsp3) is 0.0909. The summed E-state index contributed by atoms with van der Waals surface area (Å²) in [5.41, 5.74) is 1.76. The van der Waals surface area contributed by atoms with Crippen molar-refractivity contribution >= 4 is 34.3 Å². The quantitative estimate of drug-likeness (QED) is 0.863. The van der Waals surface area contributed by atoms with Crippen molar-refractivity contribution in [3.05, 3.63) is 45.2 Å². The molecule has 0 fully saturated rings. The van der Waals surface area contributed by atoms with Crippen LogP contribution in [0.25, 0.3) is 0 Å². The lowest BCUT2D eigenvalue weighted by Gasteiger charge is -2.03. The van der Waals surface area contributed by atoms with E-state index in [1.807, 2.05) is 19.1 Å². The van der Waals surface area contributed by atoms with Gasteiger partial charge in [0.2, 0.25) is 0 Å². The second kappa shape index (κ2) is 4.65. The first kappa shape index (κ1) is 11.1. The standard InChI is InChI=1S/C11H9IN2O2/c1-7-2-3-8(6-9(7)12)11(15)13-10-4-5-16-14-10/h2-6H,1H3,(H,13,14,15). The van der Waals surface area contributed by atoms with Crippen LogP contribution in [-0.4, -0.2) is 11.1 Å². The fourth-order valence-electron chi connectivity index (χ4n) is 1.20. The number of carbonyl (C=O) groups excluding carboxylic acids is 1. The minimum Gasteiger partial charge on any atom is -0.363 e. The van der Waals surface area contributed by atoms with E-state index in [1.54, 1.807) is 12.1 Å². The van der Waals surface area contributed by atoms with Crippen LogP contribution in [0.3, 0.4) is 0 Å². The summed E-state index contributed by atoms with van der Waals surface area (Å²) >= 11 is 2.20. The van der Waals surface area contributed by atoms with Crippen LogP contribution >= 0.6 is 22.6 Å². The van der Waals surface area contributed by atoms with Crippen molar-refractivity contribution in [2.75, 3.05) is 5.32 Å². The molecule has 5 heteroatoms. The van der Waals surface area contributed by atoms with E-state index in [-0.39, 0.29) is 5.91 Å². The van der Waals surface area contributed by atoms with Crippen LogP contribution in [0.5, 0.6) is 0 Å². The third-order valence-electron chi connectivity index (χ3n) is 2.11. The molecule has 0 spiro atoms. The molecule has 0 atom stereocenters. The monoisotopic (exact) mass is 328 g/mol. The van der Waals surface area contributed by atoms with Crippen molar-refractivity contribution in [1.29, 1.82) is 0 Å². The number of hydrogen-bond donors (Lipinski definition) is 1. The van der Waals surface area contributed by atoms with Gasteiger partial charge in [-0.25, -0.2) is 0 Å². The number of hydrogen-bond acceptors (Lipinski definition) is 3. The summed E-state index contributed by atoms with van der Waals surface area (Å²) in [4.78, 5) is 11.8. The molecule has 4 nitrogen and oxygen atoms in total. The highest BCUT2D eigenvalue weighted by molar-refractivity contribution is 14.1. The van der Waals surface area contributed by atoms with Crippen molar-refractivity contribution < 1.29 is 9.32 Å². The van der Waals surface area contributed by atoms with E-state index in [0.29, 0.717) is 11.4 Å². The van der Waals surface area contributed by atoms with Gasteiger partial charge in [0.15, 0.2) is 5.82 Å². The molecule has 82 valence electrons. The Hall–Kier alpha value is -1.37. The van der Waals surface area contributed by atoms with E-state index in [0.717, 1.165) is 9.13 Å². The van der Waals surface area contributed by atoms with Gasteiger partial charge < -0.3 is 9.84 Å². The predicted molar refractivity (Wildman–Crippen MR) is 68.4 cm³/mol. The number of aromatic nitrogens is 1. The van der Waals surface area contributed by atoms with Crippen LogP contribution in [0.15, 0.2) is 35.1 Å². The number of nitrogens with zero attached hydrogens (tertiary/aromatic N) is 1. The van der Waals surface area contributed by atoms with Crippen molar-refractivity contribution in [1.82, 2.24) is 5.16 Å². The first-order chi connectivity index (χ1) is 7.66. The number of aryl methyl sites for hydroxylation is 1. The molecule has 0 saturated heterocycles. The molecule has 0 bridgehead atoms. The van der Waals surface area contributed by atoms with Gasteiger partial charge in [0.05, 0.1) is 0 Å². The van der Waals surface area contributed by atoms with E-state index >= 15 is 0 Å². The summed E-state index contributed by atoms with van der Waals surface area (Å²) in [6, 6.07) is 7.13. The van der Waals surface area contributed by atoms with Crippen molar-refractivity contribution in [3.63, 3.8) is 0 Å². The molecular weight excluding hydrogens is 319 g/mol. The molecule has 1 aromatic heterocycles. The summed E-state index contributed by atoms with van der Waals surface area (Å²) in [5, 5.41) is 6.25. The van der Waals surface area contributed by atoms with Gasteiger partial charge in [-0.2, -0.15) is 0 Å².